The van der Waals surface area contributed by atoms with Crippen LogP contribution in [0.25, 0.3) is 0 Å². The molecule has 138 valence electrons. The number of carbonyl (C=O) groups is 2. The van der Waals surface area contributed by atoms with Crippen molar-refractivity contribution in [3.05, 3.63) is 35.6 Å². The Bertz CT molecular complexity index is 628. The van der Waals surface area contributed by atoms with Gasteiger partial charge in [-0.3, -0.25) is 9.59 Å². The molecule has 1 aromatic carbocycles. The van der Waals surface area contributed by atoms with Crippen molar-refractivity contribution in [3.63, 3.8) is 0 Å². The quantitative estimate of drug-likeness (QED) is 0.889. The van der Waals surface area contributed by atoms with E-state index in [0.29, 0.717) is 18.7 Å². The molecule has 0 saturated carbocycles. The Hall–Kier alpha value is -1.91. The van der Waals surface area contributed by atoms with Crippen molar-refractivity contribution in [2.45, 2.75) is 46.0 Å². The summed E-state index contributed by atoms with van der Waals surface area (Å²) in [5.41, 5.74) is 0.0962. The van der Waals surface area contributed by atoms with Crippen molar-refractivity contribution >= 4 is 11.8 Å². The van der Waals surface area contributed by atoms with Crippen LogP contribution < -0.4 is 5.32 Å². The van der Waals surface area contributed by atoms with E-state index in [9.17, 15) is 14.0 Å². The molecule has 1 aromatic rings. The predicted molar refractivity (Wildman–Crippen MR) is 96.6 cm³/mol. The van der Waals surface area contributed by atoms with Gasteiger partial charge in [0.05, 0.1) is 5.92 Å². The van der Waals surface area contributed by atoms with Gasteiger partial charge in [-0.15, -0.1) is 0 Å². The number of amides is 2. The normalized spacial score (nSPS) is 18.3. The topological polar surface area (TPSA) is 49.4 Å². The van der Waals surface area contributed by atoms with E-state index >= 15 is 0 Å². The Kier molecular flexibility index (Phi) is 6.20. The SMILES string of the molecule is CC(C)C(=O)N1CCC[C@H](C(=O)NCC(C)(C)c2ccccc2F)C1. The molecule has 1 heterocycles. The molecule has 0 radical (unpaired) electrons. The number of rotatable bonds is 5. The molecule has 4 nitrogen and oxygen atoms in total. The van der Waals surface area contributed by atoms with Gasteiger partial charge in [-0.25, -0.2) is 4.39 Å². The first-order valence-corrected chi connectivity index (χ1v) is 9.04. The first kappa shape index (κ1) is 19.4. The Morgan fingerprint density at radius 3 is 2.64 bits per heavy atom. The third-order valence-electron chi connectivity index (χ3n) is 4.91. The molecular formula is C20H29FN2O2. The Balaban J connectivity index is 1.95. The molecule has 0 aromatic heterocycles. The van der Waals surface area contributed by atoms with Crippen molar-refractivity contribution in [3.8, 4) is 0 Å². The largest absolute Gasteiger partial charge is 0.355 e. The average Bonchev–Trinajstić information content (AvgIpc) is 2.59. The summed E-state index contributed by atoms with van der Waals surface area (Å²) in [7, 11) is 0. The molecule has 0 bridgehead atoms. The summed E-state index contributed by atoms with van der Waals surface area (Å²) in [6.45, 7) is 9.15. The summed E-state index contributed by atoms with van der Waals surface area (Å²) in [5.74, 6) is -0.447. The zero-order valence-electron chi connectivity index (χ0n) is 15.6. The van der Waals surface area contributed by atoms with Crippen molar-refractivity contribution < 1.29 is 14.0 Å². The van der Waals surface area contributed by atoms with E-state index in [1.54, 1.807) is 23.1 Å². The molecule has 1 atom stereocenters. The van der Waals surface area contributed by atoms with E-state index in [1.807, 2.05) is 27.7 Å². The lowest BCUT2D eigenvalue weighted by molar-refractivity contribution is -0.138. The van der Waals surface area contributed by atoms with Crippen molar-refractivity contribution in [1.29, 1.82) is 0 Å². The Morgan fingerprint density at radius 1 is 1.32 bits per heavy atom. The van der Waals surface area contributed by atoms with E-state index < -0.39 is 5.41 Å². The molecule has 0 aliphatic carbocycles. The average molecular weight is 348 g/mol. The number of nitrogens with one attached hydrogen (secondary N) is 1. The van der Waals surface area contributed by atoms with Gasteiger partial charge in [0, 0.05) is 31.0 Å². The minimum Gasteiger partial charge on any atom is -0.355 e. The molecular weight excluding hydrogens is 319 g/mol. The number of benzene rings is 1. The number of hydrogen-bond donors (Lipinski definition) is 1. The fourth-order valence-electron chi connectivity index (χ4n) is 3.31. The maximum absolute atomic E-state index is 14.0. The molecule has 25 heavy (non-hydrogen) atoms. The molecule has 1 saturated heterocycles. The highest BCUT2D eigenvalue weighted by Crippen LogP contribution is 2.25. The zero-order chi connectivity index (χ0) is 18.6. The van der Waals surface area contributed by atoms with Crippen LogP contribution in [-0.2, 0) is 15.0 Å². The third kappa shape index (κ3) is 4.80. The van der Waals surface area contributed by atoms with Crippen molar-refractivity contribution in [2.75, 3.05) is 19.6 Å². The van der Waals surface area contributed by atoms with Crippen LogP contribution in [0.15, 0.2) is 24.3 Å². The van der Waals surface area contributed by atoms with Crippen LogP contribution in [0.5, 0.6) is 0 Å². The molecule has 1 N–H and O–H groups in total. The molecule has 0 spiro atoms. The lowest BCUT2D eigenvalue weighted by Crippen LogP contribution is -2.48. The third-order valence-corrected chi connectivity index (χ3v) is 4.91. The molecule has 2 amide bonds. The van der Waals surface area contributed by atoms with Crippen LogP contribution in [-0.4, -0.2) is 36.3 Å². The van der Waals surface area contributed by atoms with Gasteiger partial charge in [-0.2, -0.15) is 0 Å². The highest BCUT2D eigenvalue weighted by molar-refractivity contribution is 5.82. The number of piperidine rings is 1. The van der Waals surface area contributed by atoms with Gasteiger partial charge in [0.25, 0.3) is 0 Å². The summed E-state index contributed by atoms with van der Waals surface area (Å²) in [6.07, 6.45) is 1.63. The molecule has 1 aliphatic rings. The Labute approximate surface area is 149 Å². The van der Waals surface area contributed by atoms with E-state index in [0.717, 1.165) is 19.4 Å². The van der Waals surface area contributed by atoms with Crippen molar-refractivity contribution in [1.82, 2.24) is 10.2 Å². The zero-order valence-corrected chi connectivity index (χ0v) is 15.6. The standard InChI is InChI=1S/C20H29FN2O2/c1-14(2)19(25)23-11-7-8-15(12-23)18(24)22-13-20(3,4)16-9-5-6-10-17(16)21/h5-6,9-10,14-15H,7-8,11-13H2,1-4H3,(H,22,24)/t15-/m0/s1. The number of halogens is 1. The molecule has 1 fully saturated rings. The fraction of sp³-hybridized carbons (Fsp3) is 0.600. The summed E-state index contributed by atoms with van der Waals surface area (Å²) < 4.78 is 14.0. The number of hydrogen-bond acceptors (Lipinski definition) is 2. The smallest absolute Gasteiger partial charge is 0.225 e. The summed E-state index contributed by atoms with van der Waals surface area (Å²) in [5, 5.41) is 2.96. The van der Waals surface area contributed by atoms with Crippen LogP contribution in [0.2, 0.25) is 0 Å². The highest BCUT2D eigenvalue weighted by Gasteiger charge is 2.31. The van der Waals surface area contributed by atoms with Gasteiger partial charge < -0.3 is 10.2 Å². The first-order valence-electron chi connectivity index (χ1n) is 9.04. The van der Waals surface area contributed by atoms with Crippen LogP contribution >= 0.6 is 0 Å². The second-order valence-corrected chi connectivity index (χ2v) is 7.86. The van der Waals surface area contributed by atoms with Crippen LogP contribution in [0.4, 0.5) is 4.39 Å². The van der Waals surface area contributed by atoms with Crippen LogP contribution in [0.1, 0.15) is 46.1 Å². The fourth-order valence-corrected chi connectivity index (χ4v) is 3.31. The lowest BCUT2D eigenvalue weighted by Gasteiger charge is -2.34. The van der Waals surface area contributed by atoms with Gasteiger partial charge >= 0.3 is 0 Å². The Morgan fingerprint density at radius 2 is 2.00 bits per heavy atom. The van der Waals surface area contributed by atoms with Gasteiger partial charge in [-0.05, 0) is 24.5 Å². The maximum atomic E-state index is 14.0. The van der Waals surface area contributed by atoms with Gasteiger partial charge in [0.1, 0.15) is 5.82 Å². The lowest BCUT2D eigenvalue weighted by atomic mass is 9.84. The van der Waals surface area contributed by atoms with E-state index in [-0.39, 0.29) is 29.5 Å². The van der Waals surface area contributed by atoms with E-state index in [2.05, 4.69) is 5.32 Å². The predicted octanol–water partition coefficient (Wildman–Crippen LogP) is 3.11. The molecule has 2 rings (SSSR count). The molecule has 1 aliphatic heterocycles. The first-order chi connectivity index (χ1) is 11.7. The maximum Gasteiger partial charge on any atom is 0.225 e. The van der Waals surface area contributed by atoms with Gasteiger partial charge in [0.15, 0.2) is 0 Å². The number of carbonyl (C=O) groups excluding carboxylic acids is 2. The molecule has 0 unspecified atom stereocenters. The van der Waals surface area contributed by atoms with E-state index in [4.69, 9.17) is 0 Å². The minimum absolute atomic E-state index is 0.0503. The van der Waals surface area contributed by atoms with Crippen molar-refractivity contribution in [2.24, 2.45) is 11.8 Å². The molecule has 5 heteroatoms. The summed E-state index contributed by atoms with van der Waals surface area (Å²) >= 11 is 0. The minimum atomic E-state index is -0.497. The van der Waals surface area contributed by atoms with Gasteiger partial charge in [-0.1, -0.05) is 45.9 Å². The van der Waals surface area contributed by atoms with Gasteiger partial charge in [0.2, 0.25) is 11.8 Å². The number of nitrogens with zero attached hydrogens (tertiary/aromatic N) is 1. The second kappa shape index (κ2) is 7.98. The number of likely N-dealkylation sites (tertiary alicyclic amines) is 1. The van der Waals surface area contributed by atoms with Crippen LogP contribution in [0, 0.1) is 17.7 Å². The monoisotopic (exact) mass is 348 g/mol. The van der Waals surface area contributed by atoms with E-state index in [1.165, 1.54) is 6.07 Å². The second-order valence-electron chi connectivity index (χ2n) is 7.86. The van der Waals surface area contributed by atoms with Crippen LogP contribution in [0.3, 0.4) is 0 Å². The summed E-state index contributed by atoms with van der Waals surface area (Å²) in [4.78, 5) is 26.5. The summed E-state index contributed by atoms with van der Waals surface area (Å²) in [6, 6.07) is 6.66. The highest BCUT2D eigenvalue weighted by atomic mass is 19.1.